The quantitative estimate of drug-likeness (QED) is 0.369. The molecule has 3 rings (SSSR count). The average Bonchev–Trinajstić information content (AvgIpc) is 3.25. The molecule has 0 saturated heterocycles. The molecule has 7 heteroatoms. The number of hydrogen-bond acceptors (Lipinski definition) is 5. The maximum atomic E-state index is 12.3. The Hall–Kier alpha value is -1.85. The van der Waals surface area contributed by atoms with Crippen molar-refractivity contribution in [3.8, 4) is 27.8 Å². The first-order chi connectivity index (χ1) is 13.2. The van der Waals surface area contributed by atoms with Crippen LogP contribution in [0.5, 0.6) is 0 Å². The lowest BCUT2D eigenvalue weighted by Crippen LogP contribution is -2.09. The summed E-state index contributed by atoms with van der Waals surface area (Å²) >= 11 is 2.06. The van der Waals surface area contributed by atoms with Gasteiger partial charge in [0.2, 0.25) is 0 Å². The van der Waals surface area contributed by atoms with Crippen LogP contribution >= 0.6 is 23.1 Å². The zero-order chi connectivity index (χ0) is 19.1. The molecule has 1 atom stereocenters. The molecule has 2 aromatic heterocycles. The molecule has 0 amide bonds. The molecule has 0 fully saturated rings. The third-order valence-corrected chi connectivity index (χ3v) is 7.58. The van der Waals surface area contributed by atoms with Crippen LogP contribution in [0.1, 0.15) is 12.0 Å². The van der Waals surface area contributed by atoms with Gasteiger partial charge in [0.1, 0.15) is 16.8 Å². The molecule has 0 radical (unpaired) electrons. The van der Waals surface area contributed by atoms with Gasteiger partial charge in [-0.2, -0.15) is 9.81 Å². The number of thiophene rings is 1. The van der Waals surface area contributed by atoms with E-state index in [-0.39, 0.29) is 0 Å². The molecular formula is C20H18FN2OS3+. The summed E-state index contributed by atoms with van der Waals surface area (Å²) in [6, 6.07) is 18.0. The number of hydrogen-bond donors (Lipinski definition) is 1. The monoisotopic (exact) mass is 417 g/mol. The molecule has 1 N–H and O–H groups in total. The van der Waals surface area contributed by atoms with E-state index < -0.39 is 17.9 Å². The van der Waals surface area contributed by atoms with E-state index in [1.807, 2.05) is 53.9 Å². The molecular weight excluding hydrogens is 399 g/mol. The maximum Gasteiger partial charge on any atom is 0.192 e. The van der Waals surface area contributed by atoms with Gasteiger partial charge in [0, 0.05) is 12.0 Å². The molecule has 138 valence electrons. The highest BCUT2D eigenvalue weighted by Crippen LogP contribution is 2.35. The molecule has 3 nitrogen and oxygen atoms in total. The molecule has 0 saturated carbocycles. The Kier molecular flexibility index (Phi) is 7.30. The lowest BCUT2D eigenvalue weighted by Gasteiger charge is -2.11. The fourth-order valence-corrected chi connectivity index (χ4v) is 5.59. The van der Waals surface area contributed by atoms with E-state index in [2.05, 4.69) is 6.07 Å². The number of thioether (sulfide) groups is 1. The summed E-state index contributed by atoms with van der Waals surface area (Å²) in [5, 5.41) is 12.8. The molecule has 1 aromatic carbocycles. The van der Waals surface area contributed by atoms with Crippen LogP contribution in [0.4, 0.5) is 4.39 Å². The molecule has 27 heavy (non-hydrogen) atoms. The van der Waals surface area contributed by atoms with Gasteiger partial charge in [-0.05, 0) is 34.8 Å². The summed E-state index contributed by atoms with van der Waals surface area (Å²) in [7, 11) is 0. The van der Waals surface area contributed by atoms with Crippen molar-refractivity contribution in [2.75, 3.05) is 17.5 Å². The van der Waals surface area contributed by atoms with Gasteiger partial charge in [-0.1, -0.05) is 36.4 Å². The Labute approximate surface area is 169 Å². The molecule has 3 aromatic rings. The van der Waals surface area contributed by atoms with Crippen LogP contribution in [-0.4, -0.2) is 27.0 Å². The van der Waals surface area contributed by atoms with Crippen LogP contribution < -0.4 is 0 Å². The predicted octanol–water partition coefficient (Wildman–Crippen LogP) is 5.85. The fourth-order valence-electron chi connectivity index (χ4n) is 2.53. The largest absolute Gasteiger partial charge is 0.251 e. The van der Waals surface area contributed by atoms with Crippen LogP contribution in [0.15, 0.2) is 58.9 Å². The minimum Gasteiger partial charge on any atom is -0.251 e. The Balaban J connectivity index is 2.00. The highest BCUT2D eigenvalue weighted by molar-refractivity contribution is 8.12. The number of aromatic nitrogens is 1. The minimum atomic E-state index is -0.899. The van der Waals surface area contributed by atoms with E-state index >= 15 is 0 Å². The van der Waals surface area contributed by atoms with Gasteiger partial charge in [0.15, 0.2) is 16.3 Å². The van der Waals surface area contributed by atoms with Crippen LogP contribution in [0, 0.1) is 11.3 Å². The third-order valence-electron chi connectivity index (χ3n) is 3.80. The van der Waals surface area contributed by atoms with E-state index in [1.54, 1.807) is 11.3 Å². The Morgan fingerprint density at radius 2 is 2.04 bits per heavy atom. The molecule has 0 aliphatic carbocycles. The molecule has 0 spiro atoms. The van der Waals surface area contributed by atoms with Gasteiger partial charge >= 0.3 is 0 Å². The highest BCUT2D eigenvalue weighted by Gasteiger charge is 2.21. The van der Waals surface area contributed by atoms with E-state index in [1.165, 1.54) is 11.8 Å². The zero-order valence-electron chi connectivity index (χ0n) is 14.5. The van der Waals surface area contributed by atoms with Crippen LogP contribution in [0.3, 0.4) is 0 Å². The molecule has 0 aliphatic rings. The summed E-state index contributed by atoms with van der Waals surface area (Å²) in [6.07, 6.45) is 0.350. The summed E-state index contributed by atoms with van der Waals surface area (Å²) in [6.45, 7) is -0.428. The minimum absolute atomic E-state index is 0.350. The molecule has 1 unspecified atom stereocenters. The van der Waals surface area contributed by atoms with E-state index in [0.717, 1.165) is 21.7 Å². The summed E-state index contributed by atoms with van der Waals surface area (Å²) in [5.74, 6) is 0.432. The standard InChI is InChI=1S/C20H18FN2OS3/c21-9-5-11-27(24)14-26-20-17(13-22)16(15-6-2-1-3-7-15)12-18(23-20)19-8-4-10-25-19/h1-4,6-8,10,12,24H,5,9,11,14H2/q+1. The molecule has 0 aliphatic heterocycles. The second-order valence-electron chi connectivity index (χ2n) is 5.66. The van der Waals surface area contributed by atoms with E-state index in [0.29, 0.717) is 27.8 Å². The molecule has 0 bridgehead atoms. The summed E-state index contributed by atoms with van der Waals surface area (Å²) in [4.78, 5) is 5.72. The van der Waals surface area contributed by atoms with Crippen molar-refractivity contribution in [2.24, 2.45) is 0 Å². The first kappa shape index (κ1) is 19.9. The SMILES string of the molecule is N#Cc1c(-c2ccccc2)cc(-c2cccs2)nc1SC[S+](O)CCCF. The summed E-state index contributed by atoms with van der Waals surface area (Å²) < 4.78 is 22.4. The van der Waals surface area contributed by atoms with Gasteiger partial charge in [-0.25, -0.2) is 4.98 Å². The Morgan fingerprint density at radius 3 is 2.70 bits per heavy atom. The van der Waals surface area contributed by atoms with Crippen molar-refractivity contribution in [1.82, 2.24) is 4.98 Å². The number of nitriles is 1. The van der Waals surface area contributed by atoms with Crippen molar-refractivity contribution in [3.05, 3.63) is 59.5 Å². The second-order valence-corrected chi connectivity index (χ2v) is 9.56. The third kappa shape index (κ3) is 5.11. The fraction of sp³-hybridized carbons (Fsp3) is 0.200. The maximum absolute atomic E-state index is 12.3. The van der Waals surface area contributed by atoms with Gasteiger partial charge in [-0.3, -0.25) is 4.39 Å². The Morgan fingerprint density at radius 1 is 1.22 bits per heavy atom. The molecule has 2 heterocycles. The van der Waals surface area contributed by atoms with Crippen molar-refractivity contribution in [3.63, 3.8) is 0 Å². The van der Waals surface area contributed by atoms with Gasteiger partial charge < -0.3 is 0 Å². The van der Waals surface area contributed by atoms with Crippen molar-refractivity contribution in [1.29, 1.82) is 5.26 Å². The Bertz CT molecular complexity index is 911. The highest BCUT2D eigenvalue weighted by atomic mass is 32.3. The summed E-state index contributed by atoms with van der Waals surface area (Å²) in [5.41, 5.74) is 3.11. The van der Waals surface area contributed by atoms with E-state index in [9.17, 15) is 14.2 Å². The van der Waals surface area contributed by atoms with Gasteiger partial charge in [0.05, 0.1) is 22.8 Å². The van der Waals surface area contributed by atoms with Crippen molar-refractivity contribution < 1.29 is 8.94 Å². The first-order valence-electron chi connectivity index (χ1n) is 8.32. The van der Waals surface area contributed by atoms with Crippen LogP contribution in [-0.2, 0) is 11.2 Å². The smallest absolute Gasteiger partial charge is 0.192 e. The number of benzene rings is 1. The average molecular weight is 418 g/mol. The predicted molar refractivity (Wildman–Crippen MR) is 114 cm³/mol. The van der Waals surface area contributed by atoms with Crippen LogP contribution in [0.2, 0.25) is 0 Å². The topological polar surface area (TPSA) is 56.9 Å². The number of nitrogens with zero attached hydrogens (tertiary/aromatic N) is 2. The zero-order valence-corrected chi connectivity index (χ0v) is 16.9. The van der Waals surface area contributed by atoms with Gasteiger partial charge in [0.25, 0.3) is 0 Å². The number of pyridine rings is 1. The van der Waals surface area contributed by atoms with Crippen LogP contribution in [0.25, 0.3) is 21.7 Å². The number of alkyl halides is 1. The normalized spacial score (nSPS) is 11.9. The van der Waals surface area contributed by atoms with Crippen molar-refractivity contribution in [2.45, 2.75) is 11.4 Å². The van der Waals surface area contributed by atoms with E-state index in [4.69, 9.17) is 4.98 Å². The lowest BCUT2D eigenvalue weighted by molar-refractivity contribution is 0.486. The first-order valence-corrected chi connectivity index (χ1v) is 11.7. The van der Waals surface area contributed by atoms with Gasteiger partial charge in [-0.15, -0.1) is 11.3 Å². The number of rotatable bonds is 8. The lowest BCUT2D eigenvalue weighted by atomic mass is 10.0. The van der Waals surface area contributed by atoms with Crippen molar-refractivity contribution >= 4 is 34.3 Å². The second kappa shape index (κ2) is 9.90. The number of halogens is 1.